The third kappa shape index (κ3) is 3.99. The van der Waals surface area contributed by atoms with Crippen LogP contribution in [0.3, 0.4) is 0 Å². The van der Waals surface area contributed by atoms with E-state index in [0.29, 0.717) is 11.4 Å². The zero-order valence-electron chi connectivity index (χ0n) is 16.4. The van der Waals surface area contributed by atoms with Crippen molar-refractivity contribution in [1.29, 1.82) is 0 Å². The molecule has 0 radical (unpaired) electrons. The Hall–Kier alpha value is -3.61. The van der Waals surface area contributed by atoms with Gasteiger partial charge in [-0.05, 0) is 42.8 Å². The van der Waals surface area contributed by atoms with Crippen LogP contribution < -0.4 is 26.2 Å². The molecule has 0 spiro atoms. The number of benzene rings is 2. The summed E-state index contributed by atoms with van der Waals surface area (Å²) in [4.78, 5) is 36.1. The smallest absolute Gasteiger partial charge is 0.253 e. The van der Waals surface area contributed by atoms with Crippen LogP contribution in [0.5, 0.6) is 11.5 Å². The van der Waals surface area contributed by atoms with Gasteiger partial charge in [-0.15, -0.1) is 0 Å². The maximum absolute atomic E-state index is 12.1. The molecule has 3 aromatic carbocycles. The Labute approximate surface area is 167 Å². The lowest BCUT2D eigenvalue weighted by molar-refractivity contribution is 0.0985. The number of phenolic OH excluding ortho intramolecular Hbond substituents is 1. The number of carbonyl (C=O) groups excluding carboxylic acids is 1. The number of methoxy groups -OCH3 is 1. The predicted octanol–water partition coefficient (Wildman–Crippen LogP) is 3.51. The maximum Gasteiger partial charge on any atom is 0.253 e. The highest BCUT2D eigenvalue weighted by Crippen LogP contribution is 2.29. The van der Waals surface area contributed by atoms with Crippen molar-refractivity contribution >= 4 is 22.8 Å². The fraction of sp³-hybridized carbons (Fsp3) is 0.227. The van der Waals surface area contributed by atoms with Crippen molar-refractivity contribution in [2.75, 3.05) is 17.7 Å². The van der Waals surface area contributed by atoms with Crippen LogP contribution in [0.25, 0.3) is 0 Å². The van der Waals surface area contributed by atoms with E-state index in [-0.39, 0.29) is 40.9 Å². The summed E-state index contributed by atoms with van der Waals surface area (Å²) < 4.78 is 5.22. The molecule has 0 aliphatic rings. The fourth-order valence-corrected chi connectivity index (χ4v) is 3.03. The summed E-state index contributed by atoms with van der Waals surface area (Å²) in [6.07, 6.45) is 0.238. The number of ether oxygens (including phenoxy) is 1. The summed E-state index contributed by atoms with van der Waals surface area (Å²) in [7, 11) is 1.57. The first-order chi connectivity index (χ1) is 13.8. The zero-order chi connectivity index (χ0) is 21.1. The topological polar surface area (TPSA) is 105 Å². The summed E-state index contributed by atoms with van der Waals surface area (Å²) in [5.74, 6) is 0.343. The van der Waals surface area contributed by atoms with E-state index in [1.165, 1.54) is 18.2 Å². The fourth-order valence-electron chi connectivity index (χ4n) is 3.03. The van der Waals surface area contributed by atoms with Crippen LogP contribution in [0.4, 0.5) is 17.1 Å². The average molecular weight is 394 g/mol. The Bertz CT molecular complexity index is 1130. The van der Waals surface area contributed by atoms with Crippen LogP contribution in [0.2, 0.25) is 0 Å². The molecule has 0 aromatic heterocycles. The summed E-state index contributed by atoms with van der Waals surface area (Å²) in [5, 5.41) is 15.8. The Kier molecular flexibility index (Phi) is 5.68. The summed E-state index contributed by atoms with van der Waals surface area (Å²) in [6, 6.07) is 11.5. The van der Waals surface area contributed by atoms with Gasteiger partial charge in [0.1, 0.15) is 22.9 Å². The predicted molar refractivity (Wildman–Crippen MR) is 112 cm³/mol. The molecule has 7 heteroatoms. The molecular weight excluding hydrogens is 372 g/mol. The van der Waals surface area contributed by atoms with E-state index >= 15 is 0 Å². The Balaban J connectivity index is 1.85. The minimum atomic E-state index is -0.637. The van der Waals surface area contributed by atoms with Gasteiger partial charge in [-0.3, -0.25) is 14.4 Å². The second-order valence-corrected chi connectivity index (χ2v) is 6.68. The first kappa shape index (κ1) is 20.1. The van der Waals surface area contributed by atoms with Gasteiger partial charge in [0.2, 0.25) is 0 Å². The van der Waals surface area contributed by atoms with Crippen LogP contribution in [-0.4, -0.2) is 18.0 Å². The molecule has 0 heterocycles. The number of Topliss-reactive ketones (excluding diaryl/α,β-unsaturated/α-hetero) is 1. The van der Waals surface area contributed by atoms with Crippen molar-refractivity contribution in [2.24, 2.45) is 0 Å². The van der Waals surface area contributed by atoms with E-state index in [2.05, 4.69) is 10.6 Å². The van der Waals surface area contributed by atoms with Crippen LogP contribution in [0, 0.1) is 0 Å². The third-order valence-electron chi connectivity index (χ3n) is 4.75. The molecule has 150 valence electrons. The average Bonchev–Trinajstić information content (AvgIpc) is 2.76. The largest absolute Gasteiger partial charge is 0.507 e. The highest BCUT2D eigenvalue weighted by Gasteiger charge is 2.23. The van der Waals surface area contributed by atoms with E-state index < -0.39 is 10.9 Å². The molecular formula is C22H22N2O5. The van der Waals surface area contributed by atoms with Crippen LogP contribution in [-0.2, 0) is 0 Å². The van der Waals surface area contributed by atoms with Crippen molar-refractivity contribution in [3.8, 4) is 11.5 Å². The monoisotopic (exact) mass is 394 g/mol. The molecule has 0 bridgehead atoms. The van der Waals surface area contributed by atoms with E-state index in [0.717, 1.165) is 5.56 Å². The molecule has 0 saturated carbocycles. The Morgan fingerprint density at radius 2 is 1.83 bits per heavy atom. The molecule has 3 N–H and O–H groups in total. The van der Waals surface area contributed by atoms with E-state index in [9.17, 15) is 19.5 Å². The second kappa shape index (κ2) is 8.18. The number of nitrogens with one attached hydrogen (secondary N) is 2. The molecule has 0 fully saturated rings. The van der Waals surface area contributed by atoms with Crippen LogP contribution >= 0.6 is 0 Å². The van der Waals surface area contributed by atoms with E-state index in [1.807, 2.05) is 31.2 Å². The van der Waals surface area contributed by atoms with Gasteiger partial charge < -0.3 is 20.5 Å². The number of ketones is 1. The molecule has 0 saturated heterocycles. The van der Waals surface area contributed by atoms with Gasteiger partial charge in [0, 0.05) is 18.2 Å². The molecule has 0 aliphatic carbocycles. The van der Waals surface area contributed by atoms with Gasteiger partial charge in [0.25, 0.3) is 10.9 Å². The number of rotatable bonds is 8. The summed E-state index contributed by atoms with van der Waals surface area (Å²) >= 11 is 0. The molecule has 1 atom stereocenters. The molecule has 3 rings (SSSR count). The molecule has 7 nitrogen and oxygen atoms in total. The van der Waals surface area contributed by atoms with E-state index in [4.69, 9.17) is 4.74 Å². The van der Waals surface area contributed by atoms with Crippen LogP contribution in [0.15, 0.2) is 52.1 Å². The van der Waals surface area contributed by atoms with Gasteiger partial charge >= 0.3 is 0 Å². The van der Waals surface area contributed by atoms with Gasteiger partial charge in [-0.25, -0.2) is 0 Å². The normalized spacial score (nSPS) is 11.8. The minimum Gasteiger partial charge on any atom is -0.507 e. The molecule has 0 aliphatic heterocycles. The zero-order valence-corrected chi connectivity index (χ0v) is 16.4. The number of carbonyl (C=O) groups is 1. The minimum absolute atomic E-state index is 0.127. The Morgan fingerprint density at radius 1 is 1.10 bits per heavy atom. The number of aromatic hydroxyl groups is 1. The highest BCUT2D eigenvalue weighted by molar-refractivity contribution is 5.99. The quantitative estimate of drug-likeness (QED) is 0.305. The summed E-state index contributed by atoms with van der Waals surface area (Å²) in [6.45, 7) is 3.56. The third-order valence-corrected chi connectivity index (χ3v) is 4.75. The van der Waals surface area contributed by atoms with Crippen molar-refractivity contribution < 1.29 is 14.6 Å². The first-order valence-corrected chi connectivity index (χ1v) is 9.22. The number of hydrogen-bond acceptors (Lipinski definition) is 7. The van der Waals surface area contributed by atoms with Crippen molar-refractivity contribution in [2.45, 2.75) is 26.3 Å². The van der Waals surface area contributed by atoms with Crippen molar-refractivity contribution in [3.63, 3.8) is 0 Å². The molecule has 29 heavy (non-hydrogen) atoms. The lowest BCUT2D eigenvalue weighted by atomic mass is 10.1. The van der Waals surface area contributed by atoms with Gasteiger partial charge in [-0.1, -0.05) is 19.1 Å². The van der Waals surface area contributed by atoms with Gasteiger partial charge in [0.15, 0.2) is 5.78 Å². The lowest BCUT2D eigenvalue weighted by Crippen LogP contribution is -2.37. The summed E-state index contributed by atoms with van der Waals surface area (Å²) in [5.41, 5.74) is 0.558. The number of anilines is 3. The maximum atomic E-state index is 12.1. The van der Waals surface area contributed by atoms with Crippen molar-refractivity contribution in [1.82, 2.24) is 0 Å². The van der Waals surface area contributed by atoms with Crippen LogP contribution in [0.1, 0.15) is 42.2 Å². The SMILES string of the molecule is CCC(=O)c1cc(Nc2c(NC(C)c3cccc(OC)c3)c(=O)c2=O)ccc1O. The lowest BCUT2D eigenvalue weighted by Gasteiger charge is -2.20. The number of phenols is 1. The molecule has 3 aromatic rings. The molecule has 1 unspecified atom stereocenters. The van der Waals surface area contributed by atoms with Gasteiger partial charge in [0.05, 0.1) is 12.7 Å². The van der Waals surface area contributed by atoms with Gasteiger partial charge in [-0.2, -0.15) is 0 Å². The molecule has 0 amide bonds. The Morgan fingerprint density at radius 3 is 2.52 bits per heavy atom. The highest BCUT2D eigenvalue weighted by atomic mass is 16.5. The standard InChI is InChI=1S/C22H22N2O5/c1-4-17(25)16-11-14(8-9-18(16)26)24-20-19(21(27)22(20)28)23-12(2)13-6-5-7-15(10-13)29-3/h5-12,23-24,26H,4H2,1-3H3. The number of hydrogen-bond donors (Lipinski definition) is 3. The van der Waals surface area contributed by atoms with Crippen molar-refractivity contribution in [3.05, 3.63) is 74.0 Å². The van der Waals surface area contributed by atoms with E-state index in [1.54, 1.807) is 14.0 Å². The first-order valence-electron chi connectivity index (χ1n) is 9.22. The second-order valence-electron chi connectivity index (χ2n) is 6.68.